The van der Waals surface area contributed by atoms with E-state index < -0.39 is 16.5 Å². The van der Waals surface area contributed by atoms with Crippen LogP contribution in [0.15, 0.2) is 57.9 Å². The number of benzene rings is 2. The van der Waals surface area contributed by atoms with Crippen molar-refractivity contribution in [2.45, 2.75) is 77.8 Å². The van der Waals surface area contributed by atoms with Crippen LogP contribution in [0.5, 0.6) is 11.6 Å². The average molecular weight is 757 g/mol. The second-order valence-corrected chi connectivity index (χ2v) is 26.7. The monoisotopic (exact) mass is 754 g/mol. The van der Waals surface area contributed by atoms with Crippen LogP contribution in [0, 0.1) is 0 Å². The fourth-order valence-corrected chi connectivity index (χ4v) is 10.3. The van der Waals surface area contributed by atoms with Crippen molar-refractivity contribution in [3.63, 3.8) is 0 Å². The molecule has 0 radical (unpaired) electrons. The van der Waals surface area contributed by atoms with Gasteiger partial charge in [0.05, 0.1) is 31.6 Å². The standard InChI is InChI=1S/C34H44Br2N4O2Si2/c1-33(2,3)43(9,10)39-19-23(22-14-13-21(35)17-27(22)39)30-32(42-8)38-26(18-37-30)24-20-40(44(11,12)34(4,5)6)31-28(41-7)16-15-25(36)29(24)31/h13-20H,1-12H3. The molecule has 3 heterocycles. The summed E-state index contributed by atoms with van der Waals surface area (Å²) >= 11 is 7.57. The quantitative estimate of drug-likeness (QED) is 0.162. The van der Waals surface area contributed by atoms with E-state index in [0.717, 1.165) is 53.5 Å². The molecule has 5 aromatic rings. The van der Waals surface area contributed by atoms with Crippen LogP contribution in [0.3, 0.4) is 0 Å². The van der Waals surface area contributed by atoms with E-state index in [-0.39, 0.29) is 10.1 Å². The summed E-state index contributed by atoms with van der Waals surface area (Å²) in [4.78, 5) is 10.2. The fourth-order valence-electron chi connectivity index (χ4n) is 5.50. The molecule has 5 rings (SSSR count). The minimum atomic E-state index is -2.05. The molecule has 44 heavy (non-hydrogen) atoms. The third kappa shape index (κ3) is 5.19. The Labute approximate surface area is 280 Å². The van der Waals surface area contributed by atoms with E-state index in [1.807, 2.05) is 18.3 Å². The van der Waals surface area contributed by atoms with Crippen molar-refractivity contribution in [2.75, 3.05) is 14.2 Å². The third-order valence-electron chi connectivity index (χ3n) is 10.2. The van der Waals surface area contributed by atoms with Crippen molar-refractivity contribution in [1.29, 1.82) is 0 Å². The van der Waals surface area contributed by atoms with E-state index in [4.69, 9.17) is 19.4 Å². The molecule has 234 valence electrons. The molecule has 0 bridgehead atoms. The highest BCUT2D eigenvalue weighted by atomic mass is 79.9. The van der Waals surface area contributed by atoms with Crippen molar-refractivity contribution in [3.8, 4) is 34.1 Å². The highest BCUT2D eigenvalue weighted by Crippen LogP contribution is 2.47. The van der Waals surface area contributed by atoms with Crippen LogP contribution in [-0.4, -0.2) is 49.1 Å². The maximum Gasteiger partial charge on any atom is 0.241 e. The third-order valence-corrected chi connectivity index (χ3v) is 21.8. The summed E-state index contributed by atoms with van der Waals surface area (Å²) in [5, 5.41) is 2.45. The summed E-state index contributed by atoms with van der Waals surface area (Å²) in [5.74, 6) is 1.35. The lowest BCUT2D eigenvalue weighted by Gasteiger charge is -2.38. The van der Waals surface area contributed by atoms with Gasteiger partial charge in [0.2, 0.25) is 5.88 Å². The lowest BCUT2D eigenvalue weighted by Crippen LogP contribution is -2.45. The maximum absolute atomic E-state index is 6.00. The van der Waals surface area contributed by atoms with Crippen LogP contribution in [0.25, 0.3) is 44.3 Å². The fraction of sp³-hybridized carbons (Fsp3) is 0.412. The van der Waals surface area contributed by atoms with Gasteiger partial charge in [0, 0.05) is 48.8 Å². The van der Waals surface area contributed by atoms with Crippen molar-refractivity contribution in [2.24, 2.45) is 0 Å². The van der Waals surface area contributed by atoms with Gasteiger partial charge in [0.15, 0.2) is 16.5 Å². The van der Waals surface area contributed by atoms with Crippen molar-refractivity contribution >= 4 is 70.1 Å². The van der Waals surface area contributed by atoms with Gasteiger partial charge in [0.25, 0.3) is 0 Å². The molecule has 0 atom stereocenters. The van der Waals surface area contributed by atoms with Crippen LogP contribution < -0.4 is 9.47 Å². The summed E-state index contributed by atoms with van der Waals surface area (Å²) in [6, 6.07) is 10.6. The summed E-state index contributed by atoms with van der Waals surface area (Å²) in [5.41, 5.74) is 5.81. The molecule has 0 aliphatic carbocycles. The molecule has 0 saturated carbocycles. The van der Waals surface area contributed by atoms with E-state index in [1.54, 1.807) is 14.2 Å². The smallest absolute Gasteiger partial charge is 0.241 e. The van der Waals surface area contributed by atoms with E-state index >= 15 is 0 Å². The maximum atomic E-state index is 6.00. The number of nitrogens with zero attached hydrogens (tertiary/aromatic N) is 4. The first-order valence-corrected chi connectivity index (χ1v) is 22.4. The number of halogens is 2. The minimum Gasteiger partial charge on any atom is -0.495 e. The van der Waals surface area contributed by atoms with E-state index in [2.05, 4.69) is 139 Å². The Hall–Kier alpha value is -2.41. The first-order valence-electron chi connectivity index (χ1n) is 15.0. The van der Waals surface area contributed by atoms with E-state index in [1.165, 1.54) is 5.52 Å². The predicted molar refractivity (Wildman–Crippen MR) is 198 cm³/mol. The largest absolute Gasteiger partial charge is 0.495 e. The number of rotatable bonds is 6. The summed E-state index contributed by atoms with van der Waals surface area (Å²) < 4.78 is 18.9. The van der Waals surface area contributed by atoms with E-state index in [0.29, 0.717) is 5.88 Å². The Balaban J connectivity index is 1.77. The highest BCUT2D eigenvalue weighted by Gasteiger charge is 2.41. The molecule has 0 spiro atoms. The minimum absolute atomic E-state index is 0.101. The zero-order chi connectivity index (χ0) is 32.6. The normalized spacial score (nSPS) is 13.2. The molecule has 3 aromatic heterocycles. The van der Waals surface area contributed by atoms with Crippen molar-refractivity contribution in [3.05, 3.63) is 57.9 Å². The summed E-state index contributed by atoms with van der Waals surface area (Å²) in [6.07, 6.45) is 6.41. The second-order valence-electron chi connectivity index (χ2n) is 14.7. The topological polar surface area (TPSA) is 54.1 Å². The molecule has 0 amide bonds. The van der Waals surface area contributed by atoms with Crippen LogP contribution in [-0.2, 0) is 0 Å². The van der Waals surface area contributed by atoms with Crippen LogP contribution >= 0.6 is 31.9 Å². The van der Waals surface area contributed by atoms with Crippen LogP contribution in [0.2, 0.25) is 36.3 Å². The first-order chi connectivity index (χ1) is 20.3. The highest BCUT2D eigenvalue weighted by molar-refractivity contribution is 9.11. The molecular weight excluding hydrogens is 712 g/mol. The van der Waals surface area contributed by atoms with Gasteiger partial charge < -0.3 is 17.9 Å². The molecule has 0 saturated heterocycles. The molecule has 0 fully saturated rings. The lowest BCUT2D eigenvalue weighted by molar-refractivity contribution is 0.398. The van der Waals surface area contributed by atoms with Crippen LogP contribution in [0.4, 0.5) is 0 Å². The second kappa shape index (κ2) is 11.1. The zero-order valence-electron chi connectivity index (χ0n) is 28.0. The molecule has 0 aliphatic heterocycles. The number of hydrogen-bond acceptors (Lipinski definition) is 4. The number of hydrogen-bond donors (Lipinski definition) is 0. The predicted octanol–water partition coefficient (Wildman–Crippen LogP) is 11.0. The Morgan fingerprint density at radius 2 is 1.39 bits per heavy atom. The van der Waals surface area contributed by atoms with Gasteiger partial charge in [0.1, 0.15) is 11.4 Å². The van der Waals surface area contributed by atoms with Gasteiger partial charge in [-0.3, -0.25) is 0 Å². The molecular formula is C34H44Br2N4O2Si2. The van der Waals surface area contributed by atoms with Gasteiger partial charge in [-0.1, -0.05) is 106 Å². The number of fused-ring (bicyclic) bond motifs is 2. The molecule has 2 aromatic carbocycles. The first kappa shape index (κ1) is 33.0. The Morgan fingerprint density at radius 3 is 1.98 bits per heavy atom. The van der Waals surface area contributed by atoms with Crippen molar-refractivity contribution < 1.29 is 9.47 Å². The Morgan fingerprint density at radius 1 is 0.773 bits per heavy atom. The molecule has 6 nitrogen and oxygen atoms in total. The van der Waals surface area contributed by atoms with E-state index in [9.17, 15) is 0 Å². The summed E-state index contributed by atoms with van der Waals surface area (Å²) in [6.45, 7) is 23.6. The SMILES string of the molecule is COc1nc(-c2cn([Si](C)(C)C(C)(C)C)c3c(OC)ccc(Br)c23)cnc1-c1cn([Si](C)(C)C(C)(C)C)c2cc(Br)ccc12. The van der Waals surface area contributed by atoms with Gasteiger partial charge >= 0.3 is 0 Å². The Kier molecular flexibility index (Phi) is 8.34. The Bertz CT molecular complexity index is 1900. The van der Waals surface area contributed by atoms with Gasteiger partial charge in [-0.2, -0.15) is 0 Å². The van der Waals surface area contributed by atoms with Crippen LogP contribution in [0.1, 0.15) is 41.5 Å². The van der Waals surface area contributed by atoms with Gasteiger partial charge in [-0.25, -0.2) is 9.97 Å². The number of aromatic nitrogens is 4. The molecule has 0 aliphatic rings. The molecule has 0 unspecified atom stereocenters. The van der Waals surface area contributed by atoms with Crippen molar-refractivity contribution in [1.82, 2.24) is 18.4 Å². The number of methoxy groups -OCH3 is 2. The molecule has 0 N–H and O–H groups in total. The zero-order valence-corrected chi connectivity index (χ0v) is 33.2. The summed E-state index contributed by atoms with van der Waals surface area (Å²) in [7, 11) is -0.586. The average Bonchev–Trinajstić information content (AvgIpc) is 3.52. The molecule has 10 heteroatoms. The van der Waals surface area contributed by atoms with Gasteiger partial charge in [-0.05, 0) is 34.3 Å². The van der Waals surface area contributed by atoms with Gasteiger partial charge in [-0.15, -0.1) is 0 Å². The number of ether oxygens (including phenoxy) is 2. The lowest BCUT2D eigenvalue weighted by atomic mass is 10.1.